The van der Waals surface area contributed by atoms with Gasteiger partial charge in [0.15, 0.2) is 0 Å². The molecule has 0 aliphatic carbocycles. The zero-order valence-electron chi connectivity index (χ0n) is 25.8. The number of carbonyl (C=O) groups excluding carboxylic acids is 2. The summed E-state index contributed by atoms with van der Waals surface area (Å²) in [5.74, 6) is -3.27. The number of nitrogens with zero attached hydrogens (tertiary/aromatic N) is 1. The fourth-order valence-electron chi connectivity index (χ4n) is 4.05. The van der Waals surface area contributed by atoms with Crippen molar-refractivity contribution in [3.8, 4) is 0 Å². The Morgan fingerprint density at radius 1 is 0.791 bits per heavy atom. The van der Waals surface area contributed by atoms with Crippen molar-refractivity contribution in [1.82, 2.24) is 5.32 Å². The number of hydrogen-bond donors (Lipinski definition) is 3. The van der Waals surface area contributed by atoms with E-state index in [4.69, 9.17) is 14.2 Å². The average molecular weight is 601 g/mol. The molecule has 0 saturated carbocycles. The number of ether oxygens (including phenoxy) is 3. The number of carbonyl (C=O) groups is 4. The van der Waals surface area contributed by atoms with Gasteiger partial charge in [-0.3, -0.25) is 9.69 Å². The second kappa shape index (κ2) is 15.9. The van der Waals surface area contributed by atoms with Crippen LogP contribution in [0, 0.1) is 5.92 Å². The van der Waals surface area contributed by atoms with Gasteiger partial charge in [0.25, 0.3) is 0 Å². The van der Waals surface area contributed by atoms with E-state index in [9.17, 15) is 29.4 Å². The van der Waals surface area contributed by atoms with Gasteiger partial charge in [-0.25, -0.2) is 14.4 Å². The van der Waals surface area contributed by atoms with E-state index in [2.05, 4.69) is 5.32 Å². The van der Waals surface area contributed by atoms with E-state index < -0.39 is 47.3 Å². The largest absolute Gasteiger partial charge is 0.481 e. The lowest BCUT2D eigenvalue weighted by Crippen LogP contribution is -2.43. The van der Waals surface area contributed by atoms with Crippen LogP contribution in [0.5, 0.6) is 0 Å². The number of carboxylic acid groups (broad SMARTS) is 2. The number of amides is 2. The van der Waals surface area contributed by atoms with Gasteiger partial charge in [0.2, 0.25) is 0 Å². The van der Waals surface area contributed by atoms with Crippen LogP contribution in [0.25, 0.3) is 0 Å². The molecule has 0 fully saturated rings. The number of carboxylic acids is 2. The standard InChI is InChI=1S/C32H44N2O9/c1-31(2,3)42-29(39)33-26(28(37)38)17-14-24(27(35)36)20-22-12-15-25(16-13-22)34(30(40)43-32(4,5)6)18-19-41-21-23-10-8-7-9-11-23/h7-13,15-16,24,26H,14,17-21H2,1-6H3,(H,33,39)(H,35,36)(H,37,38)/t24?,26-/m0/s1. The molecule has 0 radical (unpaired) electrons. The van der Waals surface area contributed by atoms with Crippen LogP contribution in [-0.4, -0.2) is 64.7 Å². The number of nitrogens with one attached hydrogen (secondary N) is 1. The Morgan fingerprint density at radius 3 is 1.93 bits per heavy atom. The minimum absolute atomic E-state index is 0.00658. The summed E-state index contributed by atoms with van der Waals surface area (Å²) in [4.78, 5) is 50.2. The average Bonchev–Trinajstić information content (AvgIpc) is 2.89. The summed E-state index contributed by atoms with van der Waals surface area (Å²) in [6.45, 7) is 11.2. The third kappa shape index (κ3) is 13.6. The lowest BCUT2D eigenvalue weighted by molar-refractivity contribution is -0.143. The second-order valence-electron chi connectivity index (χ2n) is 12.2. The third-order valence-corrected chi connectivity index (χ3v) is 6.06. The lowest BCUT2D eigenvalue weighted by Gasteiger charge is -2.27. The summed E-state index contributed by atoms with van der Waals surface area (Å²) in [7, 11) is 0. The van der Waals surface area contributed by atoms with E-state index in [0.717, 1.165) is 5.56 Å². The molecule has 0 spiro atoms. The highest BCUT2D eigenvalue weighted by molar-refractivity contribution is 5.88. The van der Waals surface area contributed by atoms with Gasteiger partial charge in [0.1, 0.15) is 17.2 Å². The highest BCUT2D eigenvalue weighted by atomic mass is 16.6. The van der Waals surface area contributed by atoms with Crippen molar-refractivity contribution in [3.05, 3.63) is 65.7 Å². The summed E-state index contributed by atoms with van der Waals surface area (Å²) in [5, 5.41) is 21.6. The number of rotatable bonds is 14. The maximum atomic E-state index is 13.0. The van der Waals surface area contributed by atoms with Crippen molar-refractivity contribution in [2.45, 2.75) is 84.7 Å². The van der Waals surface area contributed by atoms with Gasteiger partial charge in [-0.05, 0) is 84.1 Å². The van der Waals surface area contributed by atoms with Crippen LogP contribution in [0.4, 0.5) is 15.3 Å². The lowest BCUT2D eigenvalue weighted by atomic mass is 9.93. The molecule has 0 bridgehead atoms. The highest BCUT2D eigenvalue weighted by Crippen LogP contribution is 2.22. The van der Waals surface area contributed by atoms with E-state index in [0.29, 0.717) is 17.9 Å². The molecule has 0 aromatic heterocycles. The molecule has 0 aliphatic rings. The molecular weight excluding hydrogens is 556 g/mol. The molecular formula is C32H44N2O9. The minimum Gasteiger partial charge on any atom is -0.481 e. The summed E-state index contributed by atoms with van der Waals surface area (Å²) < 4.78 is 16.5. The van der Waals surface area contributed by atoms with Crippen molar-refractivity contribution < 1.29 is 43.6 Å². The van der Waals surface area contributed by atoms with Crippen LogP contribution in [0.1, 0.15) is 65.5 Å². The van der Waals surface area contributed by atoms with Gasteiger partial charge in [-0.1, -0.05) is 42.5 Å². The molecule has 2 atom stereocenters. The molecule has 43 heavy (non-hydrogen) atoms. The first-order valence-electron chi connectivity index (χ1n) is 14.2. The van der Waals surface area contributed by atoms with Gasteiger partial charge < -0.3 is 29.7 Å². The fraction of sp³-hybridized carbons (Fsp3) is 0.500. The fourth-order valence-corrected chi connectivity index (χ4v) is 4.05. The maximum Gasteiger partial charge on any atom is 0.414 e. The monoisotopic (exact) mass is 600 g/mol. The molecule has 2 amide bonds. The van der Waals surface area contributed by atoms with Crippen LogP contribution in [0.2, 0.25) is 0 Å². The molecule has 2 rings (SSSR count). The Morgan fingerprint density at radius 2 is 1.40 bits per heavy atom. The molecule has 2 aromatic carbocycles. The molecule has 0 heterocycles. The first kappa shape index (κ1) is 35.1. The second-order valence-corrected chi connectivity index (χ2v) is 12.2. The van der Waals surface area contributed by atoms with Crippen molar-refractivity contribution >= 4 is 29.8 Å². The Bertz CT molecular complexity index is 1200. The predicted molar refractivity (Wildman–Crippen MR) is 161 cm³/mol. The van der Waals surface area contributed by atoms with Crippen molar-refractivity contribution in [2.75, 3.05) is 18.1 Å². The number of aliphatic carboxylic acids is 2. The van der Waals surface area contributed by atoms with Gasteiger partial charge in [-0.15, -0.1) is 0 Å². The van der Waals surface area contributed by atoms with E-state index in [1.807, 2.05) is 30.3 Å². The topological polar surface area (TPSA) is 152 Å². The quantitative estimate of drug-likeness (QED) is 0.234. The maximum absolute atomic E-state index is 13.0. The molecule has 3 N–H and O–H groups in total. The van der Waals surface area contributed by atoms with Crippen molar-refractivity contribution in [2.24, 2.45) is 5.92 Å². The van der Waals surface area contributed by atoms with Gasteiger partial charge in [0.05, 0.1) is 25.7 Å². The van der Waals surface area contributed by atoms with Crippen LogP contribution >= 0.6 is 0 Å². The van der Waals surface area contributed by atoms with Gasteiger partial charge >= 0.3 is 24.1 Å². The van der Waals surface area contributed by atoms with Crippen molar-refractivity contribution in [1.29, 1.82) is 0 Å². The Labute approximate surface area is 253 Å². The predicted octanol–water partition coefficient (Wildman–Crippen LogP) is 5.65. The normalized spacial score (nSPS) is 13.0. The van der Waals surface area contributed by atoms with E-state index in [1.165, 1.54) is 4.90 Å². The Kier molecular flexibility index (Phi) is 13.0. The van der Waals surface area contributed by atoms with Crippen LogP contribution < -0.4 is 10.2 Å². The Hall–Kier alpha value is -4.12. The Balaban J connectivity index is 2.07. The van der Waals surface area contributed by atoms with Crippen LogP contribution in [-0.2, 0) is 36.8 Å². The number of hydrogen-bond acceptors (Lipinski definition) is 7. The smallest absolute Gasteiger partial charge is 0.414 e. The molecule has 1 unspecified atom stereocenters. The number of anilines is 1. The molecule has 236 valence electrons. The number of alkyl carbamates (subject to hydrolysis) is 1. The van der Waals surface area contributed by atoms with Gasteiger partial charge in [0, 0.05) is 5.69 Å². The molecule has 0 saturated heterocycles. The molecule has 11 nitrogen and oxygen atoms in total. The van der Waals surface area contributed by atoms with Crippen LogP contribution in [0.3, 0.4) is 0 Å². The van der Waals surface area contributed by atoms with Crippen LogP contribution in [0.15, 0.2) is 54.6 Å². The van der Waals surface area contributed by atoms with Gasteiger partial charge in [-0.2, -0.15) is 0 Å². The summed E-state index contributed by atoms with van der Waals surface area (Å²) in [5.41, 5.74) is 0.741. The summed E-state index contributed by atoms with van der Waals surface area (Å²) in [6.07, 6.45) is -1.39. The van der Waals surface area contributed by atoms with E-state index in [-0.39, 0.29) is 32.4 Å². The highest BCUT2D eigenvalue weighted by Gasteiger charge is 2.28. The first-order valence-corrected chi connectivity index (χ1v) is 14.2. The number of benzene rings is 2. The molecule has 11 heteroatoms. The summed E-state index contributed by atoms with van der Waals surface area (Å²) >= 11 is 0. The van der Waals surface area contributed by atoms with E-state index in [1.54, 1.807) is 65.8 Å². The summed E-state index contributed by atoms with van der Waals surface area (Å²) in [6, 6.07) is 15.2. The zero-order valence-corrected chi connectivity index (χ0v) is 25.8. The van der Waals surface area contributed by atoms with E-state index >= 15 is 0 Å². The molecule has 0 aliphatic heterocycles. The zero-order chi connectivity index (χ0) is 32.2. The molecule has 2 aromatic rings. The first-order chi connectivity index (χ1) is 20.0. The minimum atomic E-state index is -1.30. The van der Waals surface area contributed by atoms with Crippen molar-refractivity contribution in [3.63, 3.8) is 0 Å². The SMILES string of the molecule is CC(C)(C)OC(=O)N[C@@H](CCC(Cc1ccc(N(CCOCc2ccccc2)C(=O)OC(C)(C)C)cc1)C(=O)O)C(=O)O. The third-order valence-electron chi connectivity index (χ3n) is 6.06.